The summed E-state index contributed by atoms with van der Waals surface area (Å²) in [4.78, 5) is 0. The van der Waals surface area contributed by atoms with Crippen LogP contribution in [0.4, 0.5) is 0 Å². The topological polar surface area (TPSA) is 46.3 Å². The third-order valence-electron chi connectivity index (χ3n) is 2.57. The Morgan fingerprint density at radius 1 is 1.06 bits per heavy atom. The van der Waals surface area contributed by atoms with E-state index < -0.39 is 0 Å². The van der Waals surface area contributed by atoms with Gasteiger partial charge in [0.1, 0.15) is 11.3 Å². The minimum absolute atomic E-state index is 0.191. The van der Waals surface area contributed by atoms with Gasteiger partial charge >= 0.3 is 0 Å². The van der Waals surface area contributed by atoms with Gasteiger partial charge in [-0.15, -0.1) is 0 Å². The van der Waals surface area contributed by atoms with Crippen molar-refractivity contribution in [2.75, 3.05) is 0 Å². The Morgan fingerprint density at radius 2 is 1.82 bits per heavy atom. The molecule has 0 aliphatic rings. The average Bonchev–Trinajstić information content (AvgIpc) is 2.73. The van der Waals surface area contributed by atoms with Gasteiger partial charge in [0.2, 0.25) is 0 Å². The molecule has 1 heterocycles. The molecule has 2 aromatic carbocycles. The lowest BCUT2D eigenvalue weighted by molar-refractivity contribution is 0.441. The molecule has 0 fully saturated rings. The molecule has 84 valence electrons. The molecule has 0 bridgehead atoms. The van der Waals surface area contributed by atoms with E-state index in [9.17, 15) is 5.11 Å². The smallest absolute Gasteiger partial charge is 0.174 e. The van der Waals surface area contributed by atoms with Crippen LogP contribution in [0.3, 0.4) is 0 Å². The van der Waals surface area contributed by atoms with Crippen LogP contribution in [0.1, 0.15) is 0 Å². The minimum Gasteiger partial charge on any atom is -0.508 e. The number of nitrogens with zero attached hydrogens (tertiary/aromatic N) is 1. The van der Waals surface area contributed by atoms with Crippen molar-refractivity contribution in [3.63, 3.8) is 0 Å². The summed E-state index contributed by atoms with van der Waals surface area (Å²) in [5.41, 5.74) is 1.59. The molecule has 3 nitrogen and oxygen atoms in total. The summed E-state index contributed by atoms with van der Waals surface area (Å²) in [5, 5.41) is 14.9. The molecular formula is C13H8ClNO2. The molecule has 1 N–H and O–H groups in total. The zero-order valence-electron chi connectivity index (χ0n) is 8.72. The molecule has 3 rings (SSSR count). The number of halogens is 1. The second-order valence-corrected chi connectivity index (χ2v) is 4.16. The Morgan fingerprint density at radius 3 is 2.59 bits per heavy atom. The van der Waals surface area contributed by atoms with E-state index in [2.05, 4.69) is 5.16 Å². The zero-order valence-corrected chi connectivity index (χ0v) is 9.48. The molecule has 1 aromatic heterocycles. The highest BCUT2D eigenvalue weighted by molar-refractivity contribution is 6.30. The quantitative estimate of drug-likeness (QED) is 0.708. The lowest BCUT2D eigenvalue weighted by Gasteiger charge is -1.97. The fourth-order valence-electron chi connectivity index (χ4n) is 1.74. The van der Waals surface area contributed by atoms with Crippen LogP contribution >= 0.6 is 11.6 Å². The van der Waals surface area contributed by atoms with Gasteiger partial charge < -0.3 is 9.63 Å². The SMILES string of the molecule is Oc1ccc2noc(-c3ccc(Cl)cc3)c2c1. The fourth-order valence-corrected chi connectivity index (χ4v) is 1.86. The van der Waals surface area contributed by atoms with Gasteiger partial charge in [-0.2, -0.15) is 0 Å². The van der Waals surface area contributed by atoms with Crippen LogP contribution in [-0.2, 0) is 0 Å². The van der Waals surface area contributed by atoms with Gasteiger partial charge in [-0.25, -0.2) is 0 Å². The maximum absolute atomic E-state index is 9.47. The lowest BCUT2D eigenvalue weighted by Crippen LogP contribution is -1.75. The first-order chi connectivity index (χ1) is 8.24. The second kappa shape index (κ2) is 3.79. The van der Waals surface area contributed by atoms with Gasteiger partial charge in [0, 0.05) is 10.6 Å². The Balaban J connectivity index is 2.23. The van der Waals surface area contributed by atoms with Crippen molar-refractivity contribution in [1.82, 2.24) is 5.16 Å². The van der Waals surface area contributed by atoms with Gasteiger partial charge in [-0.3, -0.25) is 0 Å². The van der Waals surface area contributed by atoms with E-state index in [4.69, 9.17) is 16.1 Å². The van der Waals surface area contributed by atoms with Crippen LogP contribution in [0.2, 0.25) is 5.02 Å². The van der Waals surface area contributed by atoms with Gasteiger partial charge in [0.05, 0.1) is 5.39 Å². The number of phenols is 1. The lowest BCUT2D eigenvalue weighted by atomic mass is 10.1. The van der Waals surface area contributed by atoms with E-state index in [0.29, 0.717) is 16.3 Å². The van der Waals surface area contributed by atoms with Crippen molar-refractivity contribution in [2.24, 2.45) is 0 Å². The highest BCUT2D eigenvalue weighted by atomic mass is 35.5. The molecule has 4 heteroatoms. The highest BCUT2D eigenvalue weighted by Crippen LogP contribution is 2.31. The Kier molecular flexibility index (Phi) is 2.27. The van der Waals surface area contributed by atoms with Crippen molar-refractivity contribution in [3.05, 3.63) is 47.5 Å². The average molecular weight is 246 g/mol. The molecule has 3 aromatic rings. The van der Waals surface area contributed by atoms with Crippen molar-refractivity contribution < 1.29 is 9.63 Å². The van der Waals surface area contributed by atoms with E-state index in [1.807, 2.05) is 12.1 Å². The summed E-state index contributed by atoms with van der Waals surface area (Å²) in [6.45, 7) is 0. The number of aromatic hydroxyl groups is 1. The second-order valence-electron chi connectivity index (χ2n) is 3.72. The molecule has 0 unspecified atom stereocenters. The largest absolute Gasteiger partial charge is 0.508 e. The van der Waals surface area contributed by atoms with E-state index >= 15 is 0 Å². The van der Waals surface area contributed by atoms with Crippen LogP contribution in [0.25, 0.3) is 22.2 Å². The molecule has 0 spiro atoms. The molecule has 0 aliphatic heterocycles. The molecule has 17 heavy (non-hydrogen) atoms. The molecule has 0 saturated carbocycles. The molecular weight excluding hydrogens is 238 g/mol. The van der Waals surface area contributed by atoms with Gasteiger partial charge in [0.25, 0.3) is 0 Å². The molecule has 0 radical (unpaired) electrons. The highest BCUT2D eigenvalue weighted by Gasteiger charge is 2.10. The third-order valence-corrected chi connectivity index (χ3v) is 2.82. The number of hydrogen-bond donors (Lipinski definition) is 1. The standard InChI is InChI=1S/C13H8ClNO2/c14-9-3-1-8(2-4-9)13-11-7-10(16)5-6-12(11)15-17-13/h1-7,16H. The molecule has 0 amide bonds. The summed E-state index contributed by atoms with van der Waals surface area (Å²) < 4.78 is 5.29. The van der Waals surface area contributed by atoms with Crippen LogP contribution < -0.4 is 0 Å². The minimum atomic E-state index is 0.191. The maximum Gasteiger partial charge on any atom is 0.174 e. The first-order valence-electron chi connectivity index (χ1n) is 5.08. The monoisotopic (exact) mass is 245 g/mol. The molecule has 0 saturated heterocycles. The zero-order chi connectivity index (χ0) is 11.8. The van der Waals surface area contributed by atoms with E-state index in [1.165, 1.54) is 0 Å². The van der Waals surface area contributed by atoms with Crippen LogP contribution in [0.15, 0.2) is 47.0 Å². The number of rotatable bonds is 1. The van der Waals surface area contributed by atoms with E-state index in [-0.39, 0.29) is 5.75 Å². The van der Waals surface area contributed by atoms with Crippen molar-refractivity contribution in [3.8, 4) is 17.1 Å². The number of fused-ring (bicyclic) bond motifs is 1. The van der Waals surface area contributed by atoms with Crippen molar-refractivity contribution in [1.29, 1.82) is 0 Å². The maximum atomic E-state index is 9.47. The van der Waals surface area contributed by atoms with Gasteiger partial charge in [-0.1, -0.05) is 16.8 Å². The van der Waals surface area contributed by atoms with Crippen LogP contribution in [-0.4, -0.2) is 10.3 Å². The fraction of sp³-hybridized carbons (Fsp3) is 0. The van der Waals surface area contributed by atoms with E-state index in [0.717, 1.165) is 10.9 Å². The normalized spacial score (nSPS) is 10.9. The predicted octanol–water partition coefficient (Wildman–Crippen LogP) is 3.85. The molecule has 0 atom stereocenters. The number of phenolic OH excluding ortho intramolecular Hbond substituents is 1. The first kappa shape index (κ1) is 10.2. The third kappa shape index (κ3) is 1.74. The first-order valence-corrected chi connectivity index (χ1v) is 5.46. The van der Waals surface area contributed by atoms with Crippen molar-refractivity contribution in [2.45, 2.75) is 0 Å². The number of aromatic nitrogens is 1. The Bertz CT molecular complexity index is 673. The van der Waals surface area contributed by atoms with Gasteiger partial charge in [0.15, 0.2) is 5.76 Å². The van der Waals surface area contributed by atoms with Crippen LogP contribution in [0, 0.1) is 0 Å². The Hall–Kier alpha value is -2.00. The summed E-state index contributed by atoms with van der Waals surface area (Å²) in [6, 6.07) is 12.2. The van der Waals surface area contributed by atoms with Crippen molar-refractivity contribution >= 4 is 22.5 Å². The Labute approximate surface area is 102 Å². The molecule has 0 aliphatic carbocycles. The summed E-state index contributed by atoms with van der Waals surface area (Å²) in [6.07, 6.45) is 0. The number of hydrogen-bond acceptors (Lipinski definition) is 3. The van der Waals surface area contributed by atoms with E-state index in [1.54, 1.807) is 30.3 Å². The number of benzene rings is 2. The summed E-state index contributed by atoms with van der Waals surface area (Å²) in [7, 11) is 0. The summed E-state index contributed by atoms with van der Waals surface area (Å²) >= 11 is 5.83. The van der Waals surface area contributed by atoms with Crippen LogP contribution in [0.5, 0.6) is 5.75 Å². The summed E-state index contributed by atoms with van der Waals surface area (Å²) in [5.74, 6) is 0.823. The predicted molar refractivity (Wildman–Crippen MR) is 66.1 cm³/mol. The van der Waals surface area contributed by atoms with Gasteiger partial charge in [-0.05, 0) is 42.5 Å².